The molecule has 644 valence electrons. The number of carbonyl (C=O) groups excluding carboxylic acids is 11. The molecule has 0 unspecified atom stereocenters. The number of amides is 12. The standard InChI is InChI=1S/C94H107N13O16/c1-9-74(65-19-12-10-13-20-65)85(68-34-41-73(42-35-68)123-58-63-25-37-71(38-26-63)100-90(114)77(23-18-47-99-94(96)118)101-91(115)86(60(2)3)102-81(108)24-14-11-17-49-105-82(109)45-46-83(105)110)67-32-39-72(40-33-67)122-52-50-104(7)84(111)59-121-54-53-120-51-48-98-89(113)69-28-30-70(31-29-69)92(116)107-62(5)87(103-88(112)61(4)97-6)93(117)106(78-43-27-64(56-95)55-79(78)107)57-76-75-22-16-15-21-66(75)36-44-80(76)119-8/h10,12-13,15-16,19-22,25-46,55,60-62,77,86-87,97H,9,11,14,17-18,23-24,47-54,57-59H2,1-8H3,(H,98,113)(H,100,114)(H,101,115)(H,102,108)(H,103,112)(H3,96,99,118)/t61-,62-,77-,86-,87-/m0/s1. The van der Waals surface area contributed by atoms with Crippen molar-refractivity contribution in [3.8, 4) is 23.3 Å². The van der Waals surface area contributed by atoms with Crippen LogP contribution in [0.15, 0.2) is 194 Å². The zero-order valence-corrected chi connectivity index (χ0v) is 70.5. The Labute approximate surface area is 716 Å². The smallest absolute Gasteiger partial charge is 0.312 e. The Hall–Kier alpha value is -13.6. The molecule has 123 heavy (non-hydrogen) atoms. The summed E-state index contributed by atoms with van der Waals surface area (Å²) in [7, 11) is 4.83. The van der Waals surface area contributed by atoms with Gasteiger partial charge in [0.1, 0.15) is 55.2 Å². The molecule has 5 atom stereocenters. The molecule has 0 aromatic heterocycles. The van der Waals surface area contributed by atoms with Crippen molar-refractivity contribution in [3.63, 3.8) is 0 Å². The van der Waals surface area contributed by atoms with E-state index in [0.29, 0.717) is 59.9 Å². The Balaban J connectivity index is 0.661. The van der Waals surface area contributed by atoms with Gasteiger partial charge in [-0.3, -0.25) is 52.8 Å². The molecular weight excluding hydrogens is 1570 g/mol. The number of anilines is 3. The molecule has 0 fully saturated rings. The molecule has 0 bridgehead atoms. The molecule has 12 amide bonds. The number of urea groups is 1. The maximum absolute atomic E-state index is 15.1. The van der Waals surface area contributed by atoms with Gasteiger partial charge in [0, 0.05) is 67.6 Å². The molecule has 2 aliphatic rings. The summed E-state index contributed by atoms with van der Waals surface area (Å²) in [5, 5.41) is 31.5. The number of fused-ring (bicyclic) bond motifs is 2. The number of hydrogen-bond donors (Lipinski definition) is 8. The summed E-state index contributed by atoms with van der Waals surface area (Å²) in [6.45, 7) is 10.4. The molecule has 0 saturated carbocycles. The third-order valence-corrected chi connectivity index (χ3v) is 21.3. The van der Waals surface area contributed by atoms with Crippen molar-refractivity contribution in [2.45, 2.75) is 123 Å². The highest BCUT2D eigenvalue weighted by Crippen LogP contribution is 2.41. The van der Waals surface area contributed by atoms with Crippen molar-refractivity contribution in [3.05, 3.63) is 239 Å². The number of nitriles is 1. The molecule has 0 aliphatic carbocycles. The predicted molar refractivity (Wildman–Crippen MR) is 468 cm³/mol. The van der Waals surface area contributed by atoms with Crippen LogP contribution in [-0.4, -0.2) is 186 Å². The maximum Gasteiger partial charge on any atom is 0.312 e. The third-order valence-electron chi connectivity index (χ3n) is 21.3. The van der Waals surface area contributed by atoms with Crippen LogP contribution in [0.5, 0.6) is 17.2 Å². The lowest BCUT2D eigenvalue weighted by molar-refractivity contribution is -0.137. The van der Waals surface area contributed by atoms with Crippen LogP contribution in [0.4, 0.5) is 21.9 Å². The number of nitrogens with two attached hydrogens (primary N) is 1. The number of carbonyl (C=O) groups is 11. The van der Waals surface area contributed by atoms with E-state index in [4.69, 9.17) is 29.4 Å². The van der Waals surface area contributed by atoms with Gasteiger partial charge in [0.2, 0.25) is 29.5 Å². The molecule has 2 heterocycles. The van der Waals surface area contributed by atoms with Gasteiger partial charge < -0.3 is 81.3 Å². The highest BCUT2D eigenvalue weighted by molar-refractivity contribution is 6.15. The lowest BCUT2D eigenvalue weighted by atomic mass is 9.88. The van der Waals surface area contributed by atoms with Gasteiger partial charge in [-0.05, 0) is 188 Å². The van der Waals surface area contributed by atoms with Crippen molar-refractivity contribution >= 4 is 104 Å². The van der Waals surface area contributed by atoms with Gasteiger partial charge in [-0.25, -0.2) is 4.79 Å². The van der Waals surface area contributed by atoms with Gasteiger partial charge in [-0.1, -0.05) is 124 Å². The van der Waals surface area contributed by atoms with Crippen LogP contribution in [0.3, 0.4) is 0 Å². The fourth-order valence-corrected chi connectivity index (χ4v) is 14.3. The summed E-state index contributed by atoms with van der Waals surface area (Å²) in [5.41, 5.74) is 13.6. The lowest BCUT2D eigenvalue weighted by Crippen LogP contribution is -2.59. The Morgan fingerprint density at radius 1 is 0.634 bits per heavy atom. The van der Waals surface area contributed by atoms with E-state index in [1.54, 1.807) is 79.2 Å². The van der Waals surface area contributed by atoms with Crippen LogP contribution in [-0.2, 0) is 61.0 Å². The van der Waals surface area contributed by atoms with Crippen LogP contribution in [0, 0.1) is 17.2 Å². The summed E-state index contributed by atoms with van der Waals surface area (Å²) in [6.07, 6.45) is 5.30. The highest BCUT2D eigenvalue weighted by atomic mass is 16.5. The van der Waals surface area contributed by atoms with Crippen LogP contribution in [0.1, 0.15) is 134 Å². The molecule has 29 nitrogen and oxygen atoms in total. The second-order valence-corrected chi connectivity index (χ2v) is 30.1. The van der Waals surface area contributed by atoms with Crippen LogP contribution >= 0.6 is 0 Å². The molecule has 9 N–H and O–H groups in total. The lowest BCUT2D eigenvalue weighted by Gasteiger charge is -2.33. The maximum atomic E-state index is 15.1. The average molecular weight is 1670 g/mol. The fraction of sp³-hybridized carbons (Fsp3) is 0.340. The predicted octanol–water partition coefficient (Wildman–Crippen LogP) is 10.1. The third kappa shape index (κ3) is 25.1. The number of unbranched alkanes of at least 4 members (excludes halogenated alkanes) is 2. The minimum Gasteiger partial charge on any atom is -0.496 e. The Morgan fingerprint density at radius 2 is 1.29 bits per heavy atom. The normalized spacial score (nSPS) is 14.6. The molecule has 29 heteroatoms. The van der Waals surface area contributed by atoms with E-state index in [1.807, 2.05) is 115 Å². The van der Waals surface area contributed by atoms with E-state index in [0.717, 1.165) is 55.5 Å². The fourth-order valence-electron chi connectivity index (χ4n) is 14.3. The van der Waals surface area contributed by atoms with Gasteiger partial charge in [0.15, 0.2) is 0 Å². The molecule has 2 aliphatic heterocycles. The topological polar surface area (TPSA) is 381 Å². The number of methoxy groups -OCH3 is 1. The number of nitrogens with one attached hydrogen (secondary N) is 7. The number of allylic oxidation sites excluding steroid dienone is 1. The second-order valence-electron chi connectivity index (χ2n) is 30.1. The Kier molecular flexibility index (Phi) is 33.7. The van der Waals surface area contributed by atoms with Crippen LogP contribution in [0.25, 0.3) is 21.9 Å². The molecule has 0 radical (unpaired) electrons. The zero-order chi connectivity index (χ0) is 88.1. The van der Waals surface area contributed by atoms with Gasteiger partial charge in [0.05, 0.1) is 75.1 Å². The summed E-state index contributed by atoms with van der Waals surface area (Å²) in [5.74, 6) is -2.92. The van der Waals surface area contributed by atoms with Crippen LogP contribution < -0.4 is 67.0 Å². The summed E-state index contributed by atoms with van der Waals surface area (Å²) >= 11 is 0. The number of likely N-dealkylation sites (N-methyl/N-ethyl adjacent to an activating group) is 2. The molecule has 0 spiro atoms. The largest absolute Gasteiger partial charge is 0.496 e. The number of hydrogen-bond acceptors (Lipinski definition) is 18. The number of ether oxygens (including phenoxy) is 5. The van der Waals surface area contributed by atoms with Gasteiger partial charge in [0.25, 0.3) is 29.5 Å². The Morgan fingerprint density at radius 3 is 1.95 bits per heavy atom. The quantitative estimate of drug-likeness (QED) is 0.01000. The van der Waals surface area contributed by atoms with E-state index in [-0.39, 0.29) is 137 Å². The number of rotatable bonds is 43. The first-order chi connectivity index (χ1) is 59.4. The molecule has 0 saturated heterocycles. The molecule has 8 aromatic carbocycles. The van der Waals surface area contributed by atoms with Crippen molar-refractivity contribution < 1.29 is 76.4 Å². The van der Waals surface area contributed by atoms with E-state index in [2.05, 4.69) is 62.3 Å². The first-order valence-corrected chi connectivity index (χ1v) is 41.2. The van der Waals surface area contributed by atoms with Gasteiger partial charge >= 0.3 is 6.03 Å². The monoisotopic (exact) mass is 1670 g/mol. The summed E-state index contributed by atoms with van der Waals surface area (Å²) in [6, 6.07) is 51.6. The van der Waals surface area contributed by atoms with Crippen LogP contribution in [0.2, 0.25) is 0 Å². The first-order valence-electron chi connectivity index (χ1n) is 41.2. The molecular formula is C94H107N13O16. The molecule has 8 aromatic rings. The number of imide groups is 1. The highest BCUT2D eigenvalue weighted by Gasteiger charge is 2.44. The number of benzene rings is 8. The minimum absolute atomic E-state index is 0.0143. The van der Waals surface area contributed by atoms with E-state index < -0.39 is 71.7 Å². The van der Waals surface area contributed by atoms with Crippen molar-refractivity contribution in [1.29, 1.82) is 5.26 Å². The van der Waals surface area contributed by atoms with Crippen molar-refractivity contribution in [2.24, 2.45) is 11.7 Å². The summed E-state index contributed by atoms with van der Waals surface area (Å²) in [4.78, 5) is 152. The van der Waals surface area contributed by atoms with Gasteiger partial charge in [-0.15, -0.1) is 0 Å². The minimum atomic E-state index is -1.26. The van der Waals surface area contributed by atoms with Crippen molar-refractivity contribution in [1.82, 2.24) is 41.7 Å². The summed E-state index contributed by atoms with van der Waals surface area (Å²) < 4.78 is 29.6. The zero-order valence-electron chi connectivity index (χ0n) is 70.5. The number of nitrogens with zero attached hydrogens (tertiary/aromatic N) is 5. The van der Waals surface area contributed by atoms with E-state index in [1.165, 1.54) is 51.1 Å². The first kappa shape index (κ1) is 91.7. The van der Waals surface area contributed by atoms with Gasteiger partial charge in [-0.2, -0.15) is 5.26 Å². The second kappa shape index (κ2) is 45.2. The Bertz CT molecular complexity index is 5150. The van der Waals surface area contributed by atoms with Crippen molar-refractivity contribution in [2.75, 3.05) is 95.5 Å². The average Bonchev–Trinajstić information content (AvgIpc) is 1.60. The van der Waals surface area contributed by atoms with E-state index in [9.17, 15) is 53.2 Å². The molecule has 10 rings (SSSR count). The number of primary amides is 1. The van der Waals surface area contributed by atoms with E-state index >= 15 is 4.79 Å². The SMILES string of the molecule is CCC(=C(c1ccc(OCCN(C)C(=O)COCCOCCNC(=O)c2ccc(C(=O)N3c4cc(C#N)ccc4N(Cc4c(OC)ccc5ccccc45)C(=O)[C@@H](NC(=O)[C@H](C)NC)[C@@H]3C)cc2)cc1)c1ccc(OCc2ccc(NC(=O)[C@H](CCCNC(N)=O)NC(=O)[C@@H](NC(=O)CCCCCN3C(=O)C=CC3=O)C(C)C)cc2)cc1)c1ccccc1.